The monoisotopic (exact) mass is 407 g/mol. The van der Waals surface area contributed by atoms with Crippen molar-refractivity contribution in [2.45, 2.75) is 32.4 Å². The van der Waals surface area contributed by atoms with Crippen molar-refractivity contribution >= 4 is 17.6 Å². The quantitative estimate of drug-likeness (QED) is 0.547. The molecule has 0 radical (unpaired) electrons. The van der Waals surface area contributed by atoms with Gasteiger partial charge in [-0.1, -0.05) is 42.5 Å². The maximum absolute atomic E-state index is 12.0. The number of guanidine groups is 1. The largest absolute Gasteiger partial charge is 0.372 e. The first-order valence-corrected chi connectivity index (χ1v) is 10.7. The third kappa shape index (κ3) is 6.24. The molecule has 0 bridgehead atoms. The molecule has 6 heteroatoms. The predicted molar refractivity (Wildman–Crippen MR) is 124 cm³/mol. The molecule has 0 aliphatic carbocycles. The fourth-order valence-electron chi connectivity index (χ4n) is 3.48. The van der Waals surface area contributed by atoms with Crippen molar-refractivity contribution < 1.29 is 4.79 Å². The van der Waals surface area contributed by atoms with Crippen molar-refractivity contribution in [1.29, 1.82) is 0 Å². The summed E-state index contributed by atoms with van der Waals surface area (Å²) < 4.78 is 0. The fraction of sp³-hybridized carbons (Fsp3) is 0.417. The lowest BCUT2D eigenvalue weighted by molar-refractivity contribution is -0.127. The van der Waals surface area contributed by atoms with E-state index in [-0.39, 0.29) is 18.5 Å². The number of nitrogens with one attached hydrogen (secondary N) is 2. The van der Waals surface area contributed by atoms with Gasteiger partial charge < -0.3 is 20.4 Å². The Hall–Kier alpha value is -3.02. The van der Waals surface area contributed by atoms with E-state index in [1.165, 1.54) is 24.1 Å². The van der Waals surface area contributed by atoms with E-state index in [2.05, 4.69) is 58.9 Å². The number of benzene rings is 2. The molecule has 1 amide bonds. The number of carbonyl (C=O) groups is 1. The zero-order chi connectivity index (χ0) is 21.3. The van der Waals surface area contributed by atoms with Crippen LogP contribution in [0.2, 0.25) is 0 Å². The van der Waals surface area contributed by atoms with Gasteiger partial charge in [0.2, 0.25) is 5.91 Å². The standard InChI is InChI=1S/C24H33N5O/c1-19(21-12-9-13-22(16-21)29-14-7-8-15-29)27-24(26-18-23(30)28(2)3)25-17-20-10-5-4-6-11-20/h4-6,9-13,16,19H,7-8,14-15,17-18H2,1-3H3,(H2,25,26,27). The molecule has 3 rings (SSSR count). The molecule has 1 aliphatic heterocycles. The van der Waals surface area contributed by atoms with Crippen molar-refractivity contribution in [3.05, 3.63) is 65.7 Å². The zero-order valence-electron chi connectivity index (χ0n) is 18.3. The number of hydrogen-bond acceptors (Lipinski definition) is 3. The number of hydrogen-bond donors (Lipinski definition) is 2. The first-order chi connectivity index (χ1) is 14.5. The van der Waals surface area contributed by atoms with Crippen molar-refractivity contribution in [2.75, 3.05) is 38.6 Å². The Morgan fingerprint density at radius 3 is 2.53 bits per heavy atom. The van der Waals surface area contributed by atoms with Gasteiger partial charge in [0.1, 0.15) is 0 Å². The van der Waals surface area contributed by atoms with E-state index in [0.29, 0.717) is 12.5 Å². The van der Waals surface area contributed by atoms with Gasteiger partial charge in [-0.25, -0.2) is 4.99 Å². The van der Waals surface area contributed by atoms with E-state index in [1.54, 1.807) is 19.0 Å². The van der Waals surface area contributed by atoms with Crippen LogP contribution in [0.3, 0.4) is 0 Å². The van der Waals surface area contributed by atoms with Crippen LogP contribution in [0.5, 0.6) is 0 Å². The molecule has 2 N–H and O–H groups in total. The van der Waals surface area contributed by atoms with Gasteiger partial charge in [0.05, 0.1) is 19.1 Å². The van der Waals surface area contributed by atoms with Gasteiger partial charge in [0.15, 0.2) is 5.96 Å². The third-order valence-corrected chi connectivity index (χ3v) is 5.36. The van der Waals surface area contributed by atoms with Crippen LogP contribution in [0.1, 0.15) is 36.9 Å². The molecule has 160 valence electrons. The molecule has 1 unspecified atom stereocenters. The highest BCUT2D eigenvalue weighted by atomic mass is 16.2. The number of anilines is 1. The molecule has 1 aliphatic rings. The van der Waals surface area contributed by atoms with Gasteiger partial charge >= 0.3 is 0 Å². The molecule has 2 aromatic carbocycles. The minimum atomic E-state index is 0.00731. The Balaban J connectivity index is 1.70. The van der Waals surface area contributed by atoms with E-state index in [1.807, 2.05) is 18.2 Å². The molecule has 1 atom stereocenters. The SMILES string of the molecule is CC(NC(=NCc1ccccc1)NCC(=O)N(C)C)c1cccc(N2CCCC2)c1. The molecule has 1 fully saturated rings. The highest BCUT2D eigenvalue weighted by Gasteiger charge is 2.15. The van der Waals surface area contributed by atoms with E-state index >= 15 is 0 Å². The van der Waals surface area contributed by atoms with E-state index in [9.17, 15) is 4.79 Å². The van der Waals surface area contributed by atoms with Gasteiger partial charge in [-0.15, -0.1) is 0 Å². The Kier molecular flexibility index (Phi) is 7.71. The van der Waals surface area contributed by atoms with Crippen LogP contribution < -0.4 is 15.5 Å². The molecule has 2 aromatic rings. The number of aliphatic imine (C=N–C) groups is 1. The summed E-state index contributed by atoms with van der Waals surface area (Å²) in [5, 5.41) is 6.64. The van der Waals surface area contributed by atoms with Crippen LogP contribution in [-0.2, 0) is 11.3 Å². The predicted octanol–water partition coefficient (Wildman–Crippen LogP) is 3.17. The minimum Gasteiger partial charge on any atom is -0.372 e. The fourth-order valence-corrected chi connectivity index (χ4v) is 3.48. The maximum atomic E-state index is 12.0. The van der Waals surface area contributed by atoms with Gasteiger partial charge in [0, 0.05) is 32.9 Å². The van der Waals surface area contributed by atoms with Crippen LogP contribution in [0, 0.1) is 0 Å². The van der Waals surface area contributed by atoms with Crippen LogP contribution in [-0.4, -0.2) is 50.5 Å². The van der Waals surface area contributed by atoms with Crippen LogP contribution in [0.15, 0.2) is 59.6 Å². The molecular weight excluding hydrogens is 374 g/mol. The van der Waals surface area contributed by atoms with E-state index in [4.69, 9.17) is 4.99 Å². The van der Waals surface area contributed by atoms with Crippen molar-refractivity contribution in [3.63, 3.8) is 0 Å². The Morgan fingerprint density at radius 1 is 1.10 bits per heavy atom. The lowest BCUT2D eigenvalue weighted by atomic mass is 10.1. The van der Waals surface area contributed by atoms with Crippen LogP contribution in [0.4, 0.5) is 5.69 Å². The van der Waals surface area contributed by atoms with Gasteiger partial charge in [-0.2, -0.15) is 0 Å². The smallest absolute Gasteiger partial charge is 0.241 e. The molecular formula is C24H33N5O. The number of carbonyl (C=O) groups excluding carboxylic acids is 1. The summed E-state index contributed by atoms with van der Waals surface area (Å²) in [7, 11) is 3.51. The normalized spacial score (nSPS) is 15.0. The second kappa shape index (κ2) is 10.7. The first-order valence-electron chi connectivity index (χ1n) is 10.7. The summed E-state index contributed by atoms with van der Waals surface area (Å²) in [6.45, 7) is 5.13. The zero-order valence-corrected chi connectivity index (χ0v) is 18.3. The summed E-state index contributed by atoms with van der Waals surface area (Å²) in [5.41, 5.74) is 3.60. The third-order valence-electron chi connectivity index (χ3n) is 5.36. The topological polar surface area (TPSA) is 60.0 Å². The summed E-state index contributed by atoms with van der Waals surface area (Å²) in [4.78, 5) is 20.8. The summed E-state index contributed by atoms with van der Waals surface area (Å²) in [6.07, 6.45) is 2.52. The van der Waals surface area contributed by atoms with Crippen LogP contribution >= 0.6 is 0 Å². The average Bonchev–Trinajstić information content (AvgIpc) is 3.31. The molecule has 0 spiro atoms. The molecule has 0 saturated carbocycles. The summed E-state index contributed by atoms with van der Waals surface area (Å²) >= 11 is 0. The number of likely N-dealkylation sites (N-methyl/N-ethyl adjacent to an activating group) is 1. The summed E-state index contributed by atoms with van der Waals surface area (Å²) in [6, 6.07) is 18.9. The van der Waals surface area contributed by atoms with Crippen molar-refractivity contribution in [1.82, 2.24) is 15.5 Å². The van der Waals surface area contributed by atoms with Crippen molar-refractivity contribution in [2.24, 2.45) is 4.99 Å². The Bertz CT molecular complexity index is 844. The molecule has 1 saturated heterocycles. The number of rotatable bonds is 7. The number of nitrogens with zero attached hydrogens (tertiary/aromatic N) is 3. The lowest BCUT2D eigenvalue weighted by Gasteiger charge is -2.22. The highest BCUT2D eigenvalue weighted by Crippen LogP contribution is 2.24. The van der Waals surface area contributed by atoms with E-state index < -0.39 is 0 Å². The lowest BCUT2D eigenvalue weighted by Crippen LogP contribution is -2.43. The van der Waals surface area contributed by atoms with Gasteiger partial charge in [0.25, 0.3) is 0 Å². The number of amides is 1. The van der Waals surface area contributed by atoms with E-state index in [0.717, 1.165) is 18.7 Å². The molecule has 1 heterocycles. The highest BCUT2D eigenvalue weighted by molar-refractivity contribution is 5.86. The first kappa shape index (κ1) is 21.7. The molecule has 6 nitrogen and oxygen atoms in total. The van der Waals surface area contributed by atoms with Crippen LogP contribution in [0.25, 0.3) is 0 Å². The Morgan fingerprint density at radius 2 is 1.83 bits per heavy atom. The summed E-state index contributed by atoms with van der Waals surface area (Å²) in [5.74, 6) is 0.640. The van der Waals surface area contributed by atoms with Gasteiger partial charge in [-0.05, 0) is 43.0 Å². The van der Waals surface area contributed by atoms with Gasteiger partial charge in [-0.3, -0.25) is 4.79 Å². The van der Waals surface area contributed by atoms with Crippen molar-refractivity contribution in [3.8, 4) is 0 Å². The minimum absolute atomic E-state index is 0.00731. The Labute approximate surface area is 180 Å². The second-order valence-corrected chi connectivity index (χ2v) is 7.95. The second-order valence-electron chi connectivity index (χ2n) is 7.95. The molecule has 30 heavy (non-hydrogen) atoms. The average molecular weight is 408 g/mol. The molecule has 0 aromatic heterocycles. The maximum Gasteiger partial charge on any atom is 0.241 e.